The van der Waals surface area contributed by atoms with Crippen LogP contribution >= 0.6 is 27.5 Å². The van der Waals surface area contributed by atoms with Gasteiger partial charge in [-0.05, 0) is 29.8 Å². The first-order chi connectivity index (χ1) is 11.5. The summed E-state index contributed by atoms with van der Waals surface area (Å²) in [6.07, 6.45) is 1.49. The molecule has 0 bridgehead atoms. The van der Waals surface area contributed by atoms with Crippen molar-refractivity contribution in [3.63, 3.8) is 0 Å². The summed E-state index contributed by atoms with van der Waals surface area (Å²) in [4.78, 5) is 11.9. The van der Waals surface area contributed by atoms with E-state index in [1.165, 1.54) is 25.3 Å². The predicted octanol–water partition coefficient (Wildman–Crippen LogP) is 5.03. The topological polar surface area (TPSA) is 44.8 Å². The Balaban J connectivity index is 2.20. The molecule has 6 heteroatoms. The van der Waals surface area contributed by atoms with Crippen LogP contribution in [0.25, 0.3) is 0 Å². The first-order valence-corrected chi connectivity index (χ1v) is 8.25. The highest BCUT2D eigenvalue weighted by atomic mass is 79.9. The van der Waals surface area contributed by atoms with E-state index in [2.05, 4.69) is 22.5 Å². The largest absolute Gasteiger partial charge is 0.493 e. The predicted molar refractivity (Wildman–Crippen MR) is 97.0 cm³/mol. The van der Waals surface area contributed by atoms with E-state index < -0.39 is 5.97 Å². The maximum Gasteiger partial charge on any atom is 0.338 e. The molecule has 0 amide bonds. The minimum absolute atomic E-state index is 0.125. The normalized spacial score (nSPS) is 10.1. The molecule has 2 aromatic rings. The number of hydrogen-bond acceptors (Lipinski definition) is 4. The van der Waals surface area contributed by atoms with Crippen LogP contribution in [-0.2, 0) is 11.3 Å². The first-order valence-electron chi connectivity index (χ1n) is 7.08. The third-order valence-corrected chi connectivity index (χ3v) is 3.84. The maximum absolute atomic E-state index is 11.9. The lowest BCUT2D eigenvalue weighted by atomic mass is 10.2. The van der Waals surface area contributed by atoms with E-state index in [4.69, 9.17) is 25.8 Å². The van der Waals surface area contributed by atoms with Crippen LogP contribution in [0.5, 0.6) is 11.5 Å². The monoisotopic (exact) mass is 410 g/mol. The summed E-state index contributed by atoms with van der Waals surface area (Å²) in [7, 11) is 1.48. The van der Waals surface area contributed by atoms with E-state index in [0.29, 0.717) is 18.1 Å². The number of hydrogen-bond donors (Lipinski definition) is 0. The Hall–Kier alpha value is -1.98. The lowest BCUT2D eigenvalue weighted by molar-refractivity contribution is 0.0549. The van der Waals surface area contributed by atoms with Gasteiger partial charge in [0.2, 0.25) is 0 Å². The van der Waals surface area contributed by atoms with Crippen LogP contribution in [0.2, 0.25) is 5.02 Å². The molecule has 24 heavy (non-hydrogen) atoms. The van der Waals surface area contributed by atoms with Gasteiger partial charge in [-0.25, -0.2) is 4.79 Å². The van der Waals surface area contributed by atoms with E-state index in [9.17, 15) is 4.79 Å². The molecular formula is C18H16BrClO4. The van der Waals surface area contributed by atoms with Crippen molar-refractivity contribution >= 4 is 33.5 Å². The van der Waals surface area contributed by atoms with Crippen molar-refractivity contribution in [2.24, 2.45) is 0 Å². The van der Waals surface area contributed by atoms with Crippen LogP contribution in [0.15, 0.2) is 53.5 Å². The average Bonchev–Trinajstić information content (AvgIpc) is 2.58. The highest BCUT2D eigenvalue weighted by molar-refractivity contribution is 9.10. The van der Waals surface area contributed by atoms with Gasteiger partial charge in [0, 0.05) is 4.47 Å². The molecule has 0 atom stereocenters. The number of carbonyl (C=O) groups is 1. The van der Waals surface area contributed by atoms with Gasteiger partial charge >= 0.3 is 5.97 Å². The summed E-state index contributed by atoms with van der Waals surface area (Å²) in [5.74, 6) is 0.233. The summed E-state index contributed by atoms with van der Waals surface area (Å²) >= 11 is 9.66. The lowest BCUT2D eigenvalue weighted by Crippen LogP contribution is -2.06. The van der Waals surface area contributed by atoms with Crippen molar-refractivity contribution in [2.45, 2.75) is 6.61 Å². The molecule has 0 aliphatic rings. The number of methoxy groups -OCH3 is 1. The van der Waals surface area contributed by atoms with Crippen molar-refractivity contribution in [2.75, 3.05) is 13.7 Å². The zero-order valence-corrected chi connectivity index (χ0v) is 15.4. The van der Waals surface area contributed by atoms with Crippen molar-refractivity contribution in [1.82, 2.24) is 0 Å². The van der Waals surface area contributed by atoms with E-state index >= 15 is 0 Å². The van der Waals surface area contributed by atoms with Gasteiger partial charge in [0.15, 0.2) is 11.5 Å². The van der Waals surface area contributed by atoms with Crippen molar-refractivity contribution < 1.29 is 19.0 Å². The van der Waals surface area contributed by atoms with Crippen molar-refractivity contribution in [3.05, 3.63) is 69.7 Å². The molecular weight excluding hydrogens is 396 g/mol. The second kappa shape index (κ2) is 8.76. The molecule has 0 unspecified atom stereocenters. The fraction of sp³-hybridized carbons (Fsp3) is 0.167. The standard InChI is InChI=1S/C18H16BrClO4/c1-3-7-23-18(21)13-9-15(20)17(16(10-13)22-2)24-11-12-5-4-6-14(19)8-12/h3-6,8-10H,1,7,11H2,2H3. The van der Waals surface area contributed by atoms with Crippen LogP contribution in [-0.4, -0.2) is 19.7 Å². The van der Waals surface area contributed by atoms with Gasteiger partial charge < -0.3 is 14.2 Å². The number of benzene rings is 2. The van der Waals surface area contributed by atoms with E-state index in [1.54, 1.807) is 0 Å². The van der Waals surface area contributed by atoms with Crippen molar-refractivity contribution in [1.29, 1.82) is 0 Å². The minimum Gasteiger partial charge on any atom is -0.493 e. The van der Waals surface area contributed by atoms with Crippen LogP contribution in [0.3, 0.4) is 0 Å². The lowest BCUT2D eigenvalue weighted by Gasteiger charge is -2.14. The van der Waals surface area contributed by atoms with Gasteiger partial charge in [-0.1, -0.05) is 52.3 Å². The summed E-state index contributed by atoms with van der Waals surface area (Å²) < 4.78 is 17.0. The van der Waals surface area contributed by atoms with E-state index in [-0.39, 0.29) is 17.2 Å². The molecule has 0 N–H and O–H groups in total. The van der Waals surface area contributed by atoms with Gasteiger partial charge in [-0.3, -0.25) is 0 Å². The Morgan fingerprint density at radius 2 is 2.12 bits per heavy atom. The smallest absolute Gasteiger partial charge is 0.338 e. The molecule has 2 aromatic carbocycles. The van der Waals surface area contributed by atoms with Crippen LogP contribution in [0.1, 0.15) is 15.9 Å². The first kappa shape index (κ1) is 18.4. The zero-order valence-electron chi connectivity index (χ0n) is 13.1. The molecule has 0 radical (unpaired) electrons. The Kier molecular flexibility index (Phi) is 6.70. The number of rotatable bonds is 7. The quantitative estimate of drug-likeness (QED) is 0.473. The molecule has 0 heterocycles. The van der Waals surface area contributed by atoms with Gasteiger partial charge in [-0.2, -0.15) is 0 Å². The molecule has 0 spiro atoms. The second-order valence-electron chi connectivity index (χ2n) is 4.80. The number of halogens is 2. The molecule has 0 aliphatic heterocycles. The molecule has 0 aromatic heterocycles. The van der Waals surface area contributed by atoms with Crippen LogP contribution < -0.4 is 9.47 Å². The molecule has 0 saturated heterocycles. The van der Waals surface area contributed by atoms with Crippen LogP contribution in [0.4, 0.5) is 0 Å². The fourth-order valence-corrected chi connectivity index (χ4v) is 2.69. The molecule has 2 rings (SSSR count). The number of ether oxygens (including phenoxy) is 3. The van der Waals surface area contributed by atoms with E-state index in [1.807, 2.05) is 24.3 Å². The summed E-state index contributed by atoms with van der Waals surface area (Å²) in [6.45, 7) is 3.94. The molecule has 0 saturated carbocycles. The van der Waals surface area contributed by atoms with Gasteiger partial charge in [0.25, 0.3) is 0 Å². The van der Waals surface area contributed by atoms with Crippen molar-refractivity contribution in [3.8, 4) is 11.5 Å². The highest BCUT2D eigenvalue weighted by Crippen LogP contribution is 2.37. The average molecular weight is 412 g/mol. The Bertz CT molecular complexity index is 746. The highest BCUT2D eigenvalue weighted by Gasteiger charge is 2.17. The van der Waals surface area contributed by atoms with E-state index in [0.717, 1.165) is 10.0 Å². The van der Waals surface area contributed by atoms with Gasteiger partial charge in [0.05, 0.1) is 17.7 Å². The zero-order chi connectivity index (χ0) is 17.5. The number of carbonyl (C=O) groups excluding carboxylic acids is 1. The summed E-state index contributed by atoms with van der Waals surface area (Å²) in [5.41, 5.74) is 1.26. The fourth-order valence-electron chi connectivity index (χ4n) is 1.98. The third kappa shape index (κ3) is 4.76. The third-order valence-electron chi connectivity index (χ3n) is 3.07. The summed E-state index contributed by atoms with van der Waals surface area (Å²) in [6, 6.07) is 10.8. The SMILES string of the molecule is C=CCOC(=O)c1cc(Cl)c(OCc2cccc(Br)c2)c(OC)c1. The molecule has 0 fully saturated rings. The number of esters is 1. The molecule has 4 nitrogen and oxygen atoms in total. The molecule has 0 aliphatic carbocycles. The second-order valence-corrected chi connectivity index (χ2v) is 6.12. The van der Waals surface area contributed by atoms with Crippen LogP contribution in [0, 0.1) is 0 Å². The minimum atomic E-state index is -0.506. The Morgan fingerprint density at radius 3 is 2.79 bits per heavy atom. The van der Waals surface area contributed by atoms with Gasteiger partial charge in [-0.15, -0.1) is 0 Å². The Morgan fingerprint density at radius 1 is 1.33 bits per heavy atom. The van der Waals surface area contributed by atoms with Gasteiger partial charge in [0.1, 0.15) is 13.2 Å². The Labute approximate surface area is 154 Å². The molecule has 126 valence electrons. The maximum atomic E-state index is 11.9. The summed E-state index contributed by atoms with van der Waals surface area (Å²) in [5, 5.41) is 0.273.